The molecule has 0 aromatic carbocycles. The Morgan fingerprint density at radius 2 is 1.53 bits per heavy atom. The monoisotopic (exact) mass is 215 g/mol. The average molecular weight is 215 g/mol. The molecule has 0 aromatic rings. The molecule has 0 spiro atoms. The van der Waals surface area contributed by atoms with Crippen LogP contribution in [-0.4, -0.2) is 19.3 Å². The molecule has 0 aliphatic carbocycles. The molecule has 0 saturated heterocycles. The van der Waals surface area contributed by atoms with Crippen molar-refractivity contribution < 1.29 is 4.74 Å². The highest BCUT2D eigenvalue weighted by Gasteiger charge is 1.94. The molecule has 0 radical (unpaired) electrons. The van der Waals surface area contributed by atoms with Crippen LogP contribution in [-0.2, 0) is 4.74 Å². The van der Waals surface area contributed by atoms with Crippen LogP contribution in [0.25, 0.3) is 0 Å². The van der Waals surface area contributed by atoms with Crippen LogP contribution in [0.5, 0.6) is 0 Å². The van der Waals surface area contributed by atoms with Gasteiger partial charge in [-0.15, -0.1) is 0 Å². The summed E-state index contributed by atoms with van der Waals surface area (Å²) < 4.78 is 5.55. The zero-order valence-electron chi connectivity index (χ0n) is 10.6. The van der Waals surface area contributed by atoms with Crippen LogP contribution in [0, 0.1) is 0 Å². The Balaban J connectivity index is 2.87. The molecule has 15 heavy (non-hydrogen) atoms. The number of ether oxygens (including phenoxy) is 1. The van der Waals surface area contributed by atoms with E-state index >= 15 is 0 Å². The summed E-state index contributed by atoms with van der Waals surface area (Å²) in [6.45, 7) is 6.17. The maximum absolute atomic E-state index is 5.66. The molecule has 0 aliphatic rings. The maximum Gasteiger partial charge on any atom is 0.0466 e. The lowest BCUT2D eigenvalue weighted by Gasteiger charge is -2.05. The largest absolute Gasteiger partial charge is 0.381 e. The van der Waals surface area contributed by atoms with Gasteiger partial charge in [-0.1, -0.05) is 32.6 Å². The molecule has 2 N–H and O–H groups in total. The van der Waals surface area contributed by atoms with Crippen LogP contribution < -0.4 is 5.73 Å². The topological polar surface area (TPSA) is 35.2 Å². The molecule has 92 valence electrons. The zero-order chi connectivity index (χ0) is 11.4. The van der Waals surface area contributed by atoms with Crippen molar-refractivity contribution in [2.45, 2.75) is 71.3 Å². The number of nitrogens with two attached hydrogens (primary N) is 1. The third kappa shape index (κ3) is 13.9. The van der Waals surface area contributed by atoms with Gasteiger partial charge in [-0.2, -0.15) is 0 Å². The van der Waals surface area contributed by atoms with Gasteiger partial charge in [-0.05, 0) is 32.6 Å². The van der Waals surface area contributed by atoms with E-state index in [1.165, 1.54) is 38.5 Å². The minimum Gasteiger partial charge on any atom is -0.381 e. The molecular formula is C13H29NO. The van der Waals surface area contributed by atoms with Crippen LogP contribution in [0.3, 0.4) is 0 Å². The number of hydrogen-bond donors (Lipinski definition) is 1. The van der Waals surface area contributed by atoms with Gasteiger partial charge in [0.25, 0.3) is 0 Å². The first kappa shape index (κ1) is 14.9. The predicted octanol–water partition coefficient (Wildman–Crippen LogP) is 3.49. The minimum atomic E-state index is 0.346. The lowest BCUT2D eigenvalue weighted by molar-refractivity contribution is 0.125. The van der Waals surface area contributed by atoms with Gasteiger partial charge in [0.1, 0.15) is 0 Å². The van der Waals surface area contributed by atoms with E-state index in [4.69, 9.17) is 10.5 Å². The van der Waals surface area contributed by atoms with E-state index in [1.807, 2.05) is 0 Å². The molecule has 2 heteroatoms. The third-order valence-electron chi connectivity index (χ3n) is 2.59. The molecule has 0 bridgehead atoms. The first-order valence-electron chi connectivity index (χ1n) is 6.60. The second-order valence-corrected chi connectivity index (χ2v) is 4.50. The van der Waals surface area contributed by atoms with Crippen LogP contribution in [0.2, 0.25) is 0 Å². The molecule has 0 heterocycles. The molecule has 1 atom stereocenters. The normalized spacial score (nSPS) is 13.0. The standard InChI is InChI=1S/C13H29NO/c1-3-4-5-6-8-11-15-12-9-7-10-13(2)14/h13H,3-12,14H2,1-2H3. The molecule has 0 aromatic heterocycles. The summed E-state index contributed by atoms with van der Waals surface area (Å²) in [6.07, 6.45) is 10.1. The Hall–Kier alpha value is -0.0800. The zero-order valence-corrected chi connectivity index (χ0v) is 10.6. The fourth-order valence-electron chi connectivity index (χ4n) is 1.58. The van der Waals surface area contributed by atoms with Crippen LogP contribution >= 0.6 is 0 Å². The quantitative estimate of drug-likeness (QED) is 0.535. The average Bonchev–Trinajstić information content (AvgIpc) is 2.20. The first-order valence-corrected chi connectivity index (χ1v) is 6.60. The van der Waals surface area contributed by atoms with Crippen molar-refractivity contribution in [2.24, 2.45) is 5.73 Å². The highest BCUT2D eigenvalue weighted by atomic mass is 16.5. The molecule has 0 aliphatic heterocycles. The Morgan fingerprint density at radius 3 is 2.13 bits per heavy atom. The number of hydrogen-bond acceptors (Lipinski definition) is 2. The minimum absolute atomic E-state index is 0.346. The van der Waals surface area contributed by atoms with E-state index < -0.39 is 0 Å². The highest BCUT2D eigenvalue weighted by Crippen LogP contribution is 2.03. The summed E-state index contributed by atoms with van der Waals surface area (Å²) in [5.74, 6) is 0. The number of unbranched alkanes of at least 4 members (excludes halogenated alkanes) is 5. The van der Waals surface area contributed by atoms with Crippen molar-refractivity contribution >= 4 is 0 Å². The Morgan fingerprint density at radius 1 is 0.933 bits per heavy atom. The van der Waals surface area contributed by atoms with E-state index in [9.17, 15) is 0 Å². The van der Waals surface area contributed by atoms with E-state index in [2.05, 4.69) is 13.8 Å². The van der Waals surface area contributed by atoms with Crippen molar-refractivity contribution in [1.29, 1.82) is 0 Å². The smallest absolute Gasteiger partial charge is 0.0466 e. The molecule has 0 rings (SSSR count). The van der Waals surface area contributed by atoms with Gasteiger partial charge < -0.3 is 10.5 Å². The Kier molecular flexibility index (Phi) is 11.9. The molecular weight excluding hydrogens is 186 g/mol. The third-order valence-corrected chi connectivity index (χ3v) is 2.59. The van der Waals surface area contributed by atoms with Gasteiger partial charge in [-0.25, -0.2) is 0 Å². The van der Waals surface area contributed by atoms with Crippen molar-refractivity contribution in [2.75, 3.05) is 13.2 Å². The predicted molar refractivity (Wildman–Crippen MR) is 67.1 cm³/mol. The fourth-order valence-corrected chi connectivity index (χ4v) is 1.58. The van der Waals surface area contributed by atoms with Crippen LogP contribution in [0.4, 0.5) is 0 Å². The second kappa shape index (κ2) is 12.0. The van der Waals surface area contributed by atoms with Crippen LogP contribution in [0.15, 0.2) is 0 Å². The molecule has 0 amide bonds. The summed E-state index contributed by atoms with van der Waals surface area (Å²) in [4.78, 5) is 0. The Bertz CT molecular complexity index is 115. The summed E-state index contributed by atoms with van der Waals surface area (Å²) in [5.41, 5.74) is 5.66. The maximum atomic E-state index is 5.66. The summed E-state index contributed by atoms with van der Waals surface area (Å²) in [5, 5.41) is 0. The molecule has 2 nitrogen and oxygen atoms in total. The number of rotatable bonds is 11. The van der Waals surface area contributed by atoms with Crippen molar-refractivity contribution in [3.8, 4) is 0 Å². The van der Waals surface area contributed by atoms with Crippen molar-refractivity contribution in [3.63, 3.8) is 0 Å². The first-order chi connectivity index (χ1) is 7.27. The summed E-state index contributed by atoms with van der Waals surface area (Å²) in [6, 6.07) is 0.346. The van der Waals surface area contributed by atoms with E-state index in [0.717, 1.165) is 26.1 Å². The van der Waals surface area contributed by atoms with E-state index in [0.29, 0.717) is 6.04 Å². The SMILES string of the molecule is CCCCCCCOCCCCC(C)N. The van der Waals surface area contributed by atoms with E-state index in [1.54, 1.807) is 0 Å². The highest BCUT2D eigenvalue weighted by molar-refractivity contribution is 4.52. The van der Waals surface area contributed by atoms with Gasteiger partial charge in [0, 0.05) is 19.3 Å². The fraction of sp³-hybridized carbons (Fsp3) is 1.00. The summed E-state index contributed by atoms with van der Waals surface area (Å²) >= 11 is 0. The molecule has 0 saturated carbocycles. The van der Waals surface area contributed by atoms with Gasteiger partial charge in [0.15, 0.2) is 0 Å². The second-order valence-electron chi connectivity index (χ2n) is 4.50. The lowest BCUT2D eigenvalue weighted by Crippen LogP contribution is -2.14. The summed E-state index contributed by atoms with van der Waals surface area (Å²) in [7, 11) is 0. The van der Waals surface area contributed by atoms with Gasteiger partial charge in [-0.3, -0.25) is 0 Å². The van der Waals surface area contributed by atoms with Gasteiger partial charge >= 0.3 is 0 Å². The van der Waals surface area contributed by atoms with Gasteiger partial charge in [0.05, 0.1) is 0 Å². The lowest BCUT2D eigenvalue weighted by atomic mass is 10.1. The van der Waals surface area contributed by atoms with Crippen molar-refractivity contribution in [1.82, 2.24) is 0 Å². The van der Waals surface area contributed by atoms with Crippen LogP contribution in [0.1, 0.15) is 65.2 Å². The van der Waals surface area contributed by atoms with Crippen molar-refractivity contribution in [3.05, 3.63) is 0 Å². The molecule has 0 fully saturated rings. The van der Waals surface area contributed by atoms with E-state index in [-0.39, 0.29) is 0 Å². The van der Waals surface area contributed by atoms with Gasteiger partial charge in [0.2, 0.25) is 0 Å². The molecule has 1 unspecified atom stereocenters. The Labute approximate surface area is 95.6 Å².